The van der Waals surface area contributed by atoms with Crippen molar-refractivity contribution in [3.05, 3.63) is 33.8 Å². The van der Waals surface area contributed by atoms with Crippen LogP contribution in [0.3, 0.4) is 0 Å². The molecule has 1 aliphatic carbocycles. The molecule has 1 saturated carbocycles. The lowest BCUT2D eigenvalue weighted by atomic mass is 10.1. The maximum atomic E-state index is 13.1. The number of hydrogen-bond donors (Lipinski definition) is 0. The van der Waals surface area contributed by atoms with Crippen LogP contribution >= 0.6 is 15.9 Å². The maximum Gasteiger partial charge on any atom is 0.163 e. The molecule has 0 radical (unpaired) electrons. The van der Waals surface area contributed by atoms with E-state index in [1.54, 1.807) is 6.07 Å². The Hall–Kier alpha value is -0.440. The molecule has 1 fully saturated rings. The van der Waals surface area contributed by atoms with E-state index >= 15 is 0 Å². The third-order valence-electron chi connectivity index (χ3n) is 2.07. The van der Waals surface area contributed by atoms with E-state index in [2.05, 4.69) is 15.9 Å². The van der Waals surface area contributed by atoms with Gasteiger partial charge < -0.3 is 0 Å². The third-order valence-corrected chi connectivity index (χ3v) is 2.76. The lowest BCUT2D eigenvalue weighted by Gasteiger charge is -2.03. The first-order valence-electron chi connectivity index (χ1n) is 3.83. The van der Waals surface area contributed by atoms with Crippen molar-refractivity contribution in [1.82, 2.24) is 0 Å². The normalized spacial score (nSPS) is 16.6. The molecule has 0 unspecified atom stereocenters. The molecule has 1 aliphatic rings. The number of halogens is 3. The summed E-state index contributed by atoms with van der Waals surface area (Å²) in [4.78, 5) is 0. The average Bonchev–Trinajstić information content (AvgIpc) is 2.81. The summed E-state index contributed by atoms with van der Waals surface area (Å²) in [5.74, 6) is -1.21. The summed E-state index contributed by atoms with van der Waals surface area (Å²) < 4.78 is 26.6. The van der Waals surface area contributed by atoms with Crippen molar-refractivity contribution in [1.29, 1.82) is 0 Å². The van der Waals surface area contributed by atoms with E-state index in [-0.39, 0.29) is 5.92 Å². The first kappa shape index (κ1) is 8.17. The fourth-order valence-electron chi connectivity index (χ4n) is 1.29. The monoisotopic (exact) mass is 232 g/mol. The molecule has 0 atom stereocenters. The summed E-state index contributed by atoms with van der Waals surface area (Å²) in [6.45, 7) is 0. The highest BCUT2D eigenvalue weighted by Gasteiger charge is 2.29. The average molecular weight is 233 g/mol. The molecule has 0 N–H and O–H groups in total. The van der Waals surface area contributed by atoms with Crippen molar-refractivity contribution in [2.24, 2.45) is 0 Å². The Kier molecular flexibility index (Phi) is 1.91. The largest absolute Gasteiger partial charge is 0.204 e. The molecule has 0 spiro atoms. The highest BCUT2D eigenvalue weighted by atomic mass is 79.9. The quantitative estimate of drug-likeness (QED) is 0.650. The number of hydrogen-bond acceptors (Lipinski definition) is 0. The van der Waals surface area contributed by atoms with Gasteiger partial charge in [-0.2, -0.15) is 0 Å². The topological polar surface area (TPSA) is 0 Å². The Morgan fingerprint density at radius 3 is 2.50 bits per heavy atom. The molecule has 0 amide bonds. The molecule has 1 aromatic rings. The number of rotatable bonds is 1. The van der Waals surface area contributed by atoms with Crippen LogP contribution in [0.15, 0.2) is 16.6 Å². The molecule has 0 aliphatic heterocycles. The summed E-state index contributed by atoms with van der Waals surface area (Å²) >= 11 is 3.22. The molecular weight excluding hydrogens is 226 g/mol. The van der Waals surface area contributed by atoms with Gasteiger partial charge in [0.05, 0.1) is 0 Å². The van der Waals surface area contributed by atoms with Crippen molar-refractivity contribution >= 4 is 15.9 Å². The van der Waals surface area contributed by atoms with Crippen molar-refractivity contribution in [3.63, 3.8) is 0 Å². The summed E-state index contributed by atoms with van der Waals surface area (Å²) in [6.07, 6.45) is 1.94. The lowest BCUT2D eigenvalue weighted by molar-refractivity contribution is 0.498. The molecule has 12 heavy (non-hydrogen) atoms. The van der Waals surface area contributed by atoms with Crippen LogP contribution in [0.5, 0.6) is 0 Å². The Labute approximate surface area is 77.7 Å². The van der Waals surface area contributed by atoms with Crippen LogP contribution in [0.1, 0.15) is 24.3 Å². The summed E-state index contributed by atoms with van der Waals surface area (Å²) in [6, 6.07) is 2.71. The lowest BCUT2D eigenvalue weighted by Crippen LogP contribution is -1.93. The zero-order valence-corrected chi connectivity index (χ0v) is 7.87. The highest BCUT2D eigenvalue weighted by molar-refractivity contribution is 9.10. The Morgan fingerprint density at radius 1 is 1.25 bits per heavy atom. The predicted octanol–water partition coefficient (Wildman–Crippen LogP) is 3.60. The van der Waals surface area contributed by atoms with Crippen molar-refractivity contribution in [2.75, 3.05) is 0 Å². The van der Waals surface area contributed by atoms with Crippen LogP contribution in [-0.4, -0.2) is 0 Å². The Bertz CT molecular complexity index is 319. The standard InChI is InChI=1S/C9H7BrF2/c10-6-3-4-7(11)9(12)8(6)5-1-2-5/h3-5H,1-2H2. The van der Waals surface area contributed by atoms with Gasteiger partial charge in [0, 0.05) is 10.0 Å². The zero-order chi connectivity index (χ0) is 8.72. The van der Waals surface area contributed by atoms with Gasteiger partial charge in [-0.3, -0.25) is 0 Å². The first-order chi connectivity index (χ1) is 5.70. The van der Waals surface area contributed by atoms with Crippen LogP contribution in [0.2, 0.25) is 0 Å². The van der Waals surface area contributed by atoms with E-state index in [9.17, 15) is 8.78 Å². The summed E-state index contributed by atoms with van der Waals surface area (Å²) in [7, 11) is 0. The van der Waals surface area contributed by atoms with Crippen LogP contribution in [0, 0.1) is 11.6 Å². The van der Waals surface area contributed by atoms with Gasteiger partial charge >= 0.3 is 0 Å². The fourth-order valence-corrected chi connectivity index (χ4v) is 1.92. The van der Waals surface area contributed by atoms with E-state index < -0.39 is 11.6 Å². The van der Waals surface area contributed by atoms with Crippen molar-refractivity contribution < 1.29 is 8.78 Å². The summed E-state index contributed by atoms with van der Waals surface area (Å²) in [5, 5.41) is 0. The Morgan fingerprint density at radius 2 is 1.92 bits per heavy atom. The van der Waals surface area contributed by atoms with Gasteiger partial charge in [0.2, 0.25) is 0 Å². The van der Waals surface area contributed by atoms with Gasteiger partial charge in [0.15, 0.2) is 11.6 Å². The molecule has 2 rings (SSSR count). The molecule has 0 bridgehead atoms. The molecule has 1 aromatic carbocycles. The highest BCUT2D eigenvalue weighted by Crippen LogP contribution is 2.44. The summed E-state index contributed by atoms with van der Waals surface area (Å²) in [5.41, 5.74) is 0.509. The van der Waals surface area contributed by atoms with Gasteiger partial charge in [-0.05, 0) is 30.9 Å². The third kappa shape index (κ3) is 1.26. The van der Waals surface area contributed by atoms with Gasteiger partial charge in [-0.25, -0.2) is 8.78 Å². The molecular formula is C9H7BrF2. The minimum absolute atomic E-state index is 0.232. The van der Waals surface area contributed by atoms with Gasteiger partial charge in [0.1, 0.15) is 0 Å². The molecule has 0 saturated heterocycles. The van der Waals surface area contributed by atoms with Gasteiger partial charge in [0.25, 0.3) is 0 Å². The second-order valence-electron chi connectivity index (χ2n) is 3.03. The zero-order valence-electron chi connectivity index (χ0n) is 6.28. The van der Waals surface area contributed by atoms with Crippen molar-refractivity contribution in [3.8, 4) is 0 Å². The molecule has 64 valence electrons. The second-order valence-corrected chi connectivity index (χ2v) is 3.89. The van der Waals surface area contributed by atoms with E-state index in [4.69, 9.17) is 0 Å². The fraction of sp³-hybridized carbons (Fsp3) is 0.333. The first-order valence-corrected chi connectivity index (χ1v) is 4.63. The minimum Gasteiger partial charge on any atom is -0.204 e. The van der Waals surface area contributed by atoms with Crippen LogP contribution in [-0.2, 0) is 0 Å². The SMILES string of the molecule is Fc1ccc(Br)c(C2CC2)c1F. The van der Waals surface area contributed by atoms with Gasteiger partial charge in [-0.1, -0.05) is 15.9 Å². The smallest absolute Gasteiger partial charge is 0.163 e. The van der Waals surface area contributed by atoms with E-state index in [1.807, 2.05) is 0 Å². The predicted molar refractivity (Wildman–Crippen MR) is 46.0 cm³/mol. The number of benzene rings is 1. The van der Waals surface area contributed by atoms with Crippen LogP contribution in [0.25, 0.3) is 0 Å². The molecule has 0 nitrogen and oxygen atoms in total. The maximum absolute atomic E-state index is 13.1. The van der Waals surface area contributed by atoms with Gasteiger partial charge in [-0.15, -0.1) is 0 Å². The van der Waals surface area contributed by atoms with E-state index in [0.717, 1.165) is 18.9 Å². The van der Waals surface area contributed by atoms with Crippen molar-refractivity contribution in [2.45, 2.75) is 18.8 Å². The molecule has 0 heterocycles. The Balaban J connectivity index is 2.55. The second kappa shape index (κ2) is 2.80. The van der Waals surface area contributed by atoms with E-state index in [0.29, 0.717) is 10.0 Å². The molecule has 0 aromatic heterocycles. The minimum atomic E-state index is -0.750. The molecule has 3 heteroatoms. The van der Waals surface area contributed by atoms with Crippen LogP contribution < -0.4 is 0 Å². The van der Waals surface area contributed by atoms with E-state index in [1.165, 1.54) is 0 Å². The van der Waals surface area contributed by atoms with Crippen LogP contribution in [0.4, 0.5) is 8.78 Å².